The van der Waals surface area contributed by atoms with E-state index in [-0.39, 0.29) is 6.03 Å². The van der Waals surface area contributed by atoms with E-state index in [9.17, 15) is 9.59 Å². The Kier molecular flexibility index (Phi) is 4.08. The van der Waals surface area contributed by atoms with Crippen LogP contribution < -0.4 is 5.32 Å². The number of ether oxygens (including phenoxy) is 1. The van der Waals surface area contributed by atoms with E-state index in [1.165, 1.54) is 23.8 Å². The standard InChI is InChI=1S/C20H19N3O3/c1-26-19(24)13-6-8-14(9-7-13)21-20(25)23-11-10-18-16(12-23)15-4-2-3-5-17(15)22-18/h2-9,22H,10-12H2,1H3,(H,21,25). The van der Waals surface area contributed by atoms with Crippen LogP contribution in [0.5, 0.6) is 0 Å². The number of esters is 1. The summed E-state index contributed by atoms with van der Waals surface area (Å²) < 4.78 is 4.68. The number of urea groups is 1. The molecule has 3 aromatic rings. The van der Waals surface area contributed by atoms with Crippen molar-refractivity contribution in [3.05, 3.63) is 65.4 Å². The fourth-order valence-electron chi connectivity index (χ4n) is 3.35. The van der Waals surface area contributed by atoms with Gasteiger partial charge in [-0.25, -0.2) is 9.59 Å². The van der Waals surface area contributed by atoms with Gasteiger partial charge in [-0.3, -0.25) is 0 Å². The highest BCUT2D eigenvalue weighted by Gasteiger charge is 2.24. The Morgan fingerprint density at radius 1 is 1.12 bits per heavy atom. The number of hydrogen-bond acceptors (Lipinski definition) is 3. The molecule has 0 aliphatic carbocycles. The molecule has 6 nitrogen and oxygen atoms in total. The third kappa shape index (κ3) is 2.90. The SMILES string of the molecule is COC(=O)c1ccc(NC(=O)N2CCc3[nH]c4ccccc4c3C2)cc1. The minimum Gasteiger partial charge on any atom is -0.465 e. The van der Waals surface area contributed by atoms with Crippen molar-refractivity contribution in [1.29, 1.82) is 0 Å². The predicted molar refractivity (Wildman–Crippen MR) is 99.2 cm³/mol. The van der Waals surface area contributed by atoms with Gasteiger partial charge < -0.3 is 19.9 Å². The molecule has 1 aliphatic rings. The number of aromatic amines is 1. The molecule has 26 heavy (non-hydrogen) atoms. The van der Waals surface area contributed by atoms with Crippen molar-refractivity contribution in [2.45, 2.75) is 13.0 Å². The first-order chi connectivity index (χ1) is 12.7. The van der Waals surface area contributed by atoms with Gasteiger partial charge >= 0.3 is 12.0 Å². The summed E-state index contributed by atoms with van der Waals surface area (Å²) in [5, 5.41) is 4.06. The molecule has 0 saturated heterocycles. The highest BCUT2D eigenvalue weighted by molar-refractivity contribution is 5.93. The fourth-order valence-corrected chi connectivity index (χ4v) is 3.35. The first kappa shape index (κ1) is 16.2. The van der Waals surface area contributed by atoms with E-state index in [1.807, 2.05) is 12.1 Å². The maximum Gasteiger partial charge on any atom is 0.337 e. The van der Waals surface area contributed by atoms with E-state index in [0.29, 0.717) is 24.3 Å². The average molecular weight is 349 g/mol. The van der Waals surface area contributed by atoms with E-state index >= 15 is 0 Å². The number of rotatable bonds is 2. The number of carbonyl (C=O) groups excluding carboxylic acids is 2. The summed E-state index contributed by atoms with van der Waals surface area (Å²) in [6, 6.07) is 14.7. The van der Waals surface area contributed by atoms with Gasteiger partial charge in [0, 0.05) is 47.4 Å². The maximum absolute atomic E-state index is 12.6. The highest BCUT2D eigenvalue weighted by Crippen LogP contribution is 2.27. The molecule has 1 aromatic heterocycles. The third-order valence-corrected chi connectivity index (χ3v) is 4.73. The molecule has 0 radical (unpaired) electrons. The van der Waals surface area contributed by atoms with E-state index in [4.69, 9.17) is 0 Å². The topological polar surface area (TPSA) is 74.4 Å². The second-order valence-corrected chi connectivity index (χ2v) is 6.30. The lowest BCUT2D eigenvalue weighted by Crippen LogP contribution is -2.38. The number of nitrogens with zero attached hydrogens (tertiary/aromatic N) is 1. The van der Waals surface area contributed by atoms with Crippen molar-refractivity contribution in [3.63, 3.8) is 0 Å². The lowest BCUT2D eigenvalue weighted by Gasteiger charge is -2.27. The van der Waals surface area contributed by atoms with Crippen LogP contribution in [0.3, 0.4) is 0 Å². The number of fused-ring (bicyclic) bond motifs is 3. The van der Waals surface area contributed by atoms with Gasteiger partial charge in [0.15, 0.2) is 0 Å². The lowest BCUT2D eigenvalue weighted by molar-refractivity contribution is 0.0600. The molecule has 6 heteroatoms. The summed E-state index contributed by atoms with van der Waals surface area (Å²) in [5.74, 6) is -0.397. The number of amides is 2. The van der Waals surface area contributed by atoms with Gasteiger partial charge in [0.2, 0.25) is 0 Å². The van der Waals surface area contributed by atoms with Crippen LogP contribution in [0.2, 0.25) is 0 Å². The Morgan fingerprint density at radius 2 is 1.88 bits per heavy atom. The average Bonchev–Trinajstić information content (AvgIpc) is 3.05. The molecule has 0 atom stereocenters. The van der Waals surface area contributed by atoms with E-state index in [0.717, 1.165) is 11.9 Å². The first-order valence-electron chi connectivity index (χ1n) is 8.48. The van der Waals surface area contributed by atoms with Crippen molar-refractivity contribution in [2.75, 3.05) is 19.0 Å². The van der Waals surface area contributed by atoms with Gasteiger partial charge in [-0.1, -0.05) is 18.2 Å². The Balaban J connectivity index is 1.48. The van der Waals surface area contributed by atoms with Crippen molar-refractivity contribution in [2.24, 2.45) is 0 Å². The van der Waals surface area contributed by atoms with Crippen LogP contribution in [-0.4, -0.2) is 35.5 Å². The lowest BCUT2D eigenvalue weighted by atomic mass is 10.0. The van der Waals surface area contributed by atoms with Crippen LogP contribution in [0.1, 0.15) is 21.6 Å². The summed E-state index contributed by atoms with van der Waals surface area (Å²) in [6.07, 6.45) is 0.804. The molecule has 2 aromatic carbocycles. The molecule has 132 valence electrons. The Bertz CT molecular complexity index is 976. The van der Waals surface area contributed by atoms with Gasteiger partial charge in [0.1, 0.15) is 0 Å². The molecule has 0 fully saturated rings. The quantitative estimate of drug-likeness (QED) is 0.695. The number of para-hydroxylation sites is 1. The smallest absolute Gasteiger partial charge is 0.337 e. The van der Waals surface area contributed by atoms with E-state index in [2.05, 4.69) is 27.2 Å². The van der Waals surface area contributed by atoms with Crippen LogP contribution in [0, 0.1) is 0 Å². The zero-order chi connectivity index (χ0) is 18.1. The van der Waals surface area contributed by atoms with Crippen LogP contribution >= 0.6 is 0 Å². The molecule has 0 bridgehead atoms. The van der Waals surface area contributed by atoms with Gasteiger partial charge in [-0.2, -0.15) is 0 Å². The second kappa shape index (κ2) is 6.55. The summed E-state index contributed by atoms with van der Waals surface area (Å²) >= 11 is 0. The maximum atomic E-state index is 12.6. The number of anilines is 1. The predicted octanol–water partition coefficient (Wildman–Crippen LogP) is 3.54. The minimum atomic E-state index is -0.397. The van der Waals surface area contributed by atoms with Gasteiger partial charge in [0.25, 0.3) is 0 Å². The van der Waals surface area contributed by atoms with Crippen molar-refractivity contribution < 1.29 is 14.3 Å². The Hall–Kier alpha value is -3.28. The molecular weight excluding hydrogens is 330 g/mol. The Labute approximate surface area is 150 Å². The van der Waals surface area contributed by atoms with E-state index in [1.54, 1.807) is 29.2 Å². The van der Waals surface area contributed by atoms with Crippen LogP contribution in [-0.2, 0) is 17.7 Å². The summed E-state index contributed by atoms with van der Waals surface area (Å²) in [5.41, 5.74) is 4.60. The normalized spacial score (nSPS) is 13.3. The first-order valence-corrected chi connectivity index (χ1v) is 8.48. The summed E-state index contributed by atoms with van der Waals surface area (Å²) in [6.45, 7) is 1.23. The number of carbonyl (C=O) groups is 2. The van der Waals surface area contributed by atoms with Crippen LogP contribution in [0.25, 0.3) is 10.9 Å². The molecule has 1 aliphatic heterocycles. The zero-order valence-corrected chi connectivity index (χ0v) is 14.4. The molecule has 2 amide bonds. The minimum absolute atomic E-state index is 0.147. The molecular formula is C20H19N3O3. The number of H-pyrrole nitrogens is 1. The molecule has 2 N–H and O–H groups in total. The number of aromatic nitrogens is 1. The van der Waals surface area contributed by atoms with Crippen molar-refractivity contribution in [1.82, 2.24) is 9.88 Å². The van der Waals surface area contributed by atoms with Crippen LogP contribution in [0.15, 0.2) is 48.5 Å². The second-order valence-electron chi connectivity index (χ2n) is 6.30. The monoisotopic (exact) mass is 349 g/mol. The zero-order valence-electron chi connectivity index (χ0n) is 14.4. The number of benzene rings is 2. The van der Waals surface area contributed by atoms with Crippen molar-refractivity contribution in [3.8, 4) is 0 Å². The Morgan fingerprint density at radius 3 is 2.65 bits per heavy atom. The highest BCUT2D eigenvalue weighted by atomic mass is 16.5. The molecule has 4 rings (SSSR count). The number of nitrogens with one attached hydrogen (secondary N) is 2. The fraction of sp³-hybridized carbons (Fsp3) is 0.200. The third-order valence-electron chi connectivity index (χ3n) is 4.73. The molecule has 2 heterocycles. The van der Waals surface area contributed by atoms with Gasteiger partial charge in [-0.15, -0.1) is 0 Å². The van der Waals surface area contributed by atoms with Gasteiger partial charge in [0.05, 0.1) is 12.7 Å². The van der Waals surface area contributed by atoms with E-state index < -0.39 is 5.97 Å². The summed E-state index contributed by atoms with van der Waals surface area (Å²) in [4.78, 5) is 29.3. The summed E-state index contributed by atoms with van der Waals surface area (Å²) in [7, 11) is 1.34. The number of methoxy groups -OCH3 is 1. The molecule has 0 unspecified atom stereocenters. The van der Waals surface area contributed by atoms with Crippen LogP contribution in [0.4, 0.5) is 10.5 Å². The largest absolute Gasteiger partial charge is 0.465 e. The molecule has 0 spiro atoms. The number of hydrogen-bond donors (Lipinski definition) is 2. The van der Waals surface area contributed by atoms with Crippen molar-refractivity contribution >= 4 is 28.6 Å². The van der Waals surface area contributed by atoms with Gasteiger partial charge in [-0.05, 0) is 30.3 Å². The molecule has 0 saturated carbocycles.